The van der Waals surface area contributed by atoms with Gasteiger partial charge in [-0.1, -0.05) is 334 Å². The number of fused-ring (bicyclic) bond motifs is 12. The summed E-state index contributed by atoms with van der Waals surface area (Å²) in [5, 5.41) is 15.1. The molecule has 0 nitrogen and oxygen atoms in total. The summed E-state index contributed by atoms with van der Waals surface area (Å²) in [5.74, 6) is 0. The highest BCUT2D eigenvalue weighted by Crippen LogP contribution is 2.63. The fraction of sp³-hybridized carbons (Fsp3) is 0. The van der Waals surface area contributed by atoms with Gasteiger partial charge in [-0.05, 0) is 262 Å². The molecule has 0 N–H and O–H groups in total. The van der Waals surface area contributed by atoms with Crippen LogP contribution in [0.3, 0.4) is 0 Å². The Bertz CT molecular complexity index is 6320. The summed E-state index contributed by atoms with van der Waals surface area (Å²) >= 11 is 0. The molecule has 19 aromatic rings. The highest BCUT2D eigenvalue weighted by Gasteiger charge is 2.36. The van der Waals surface area contributed by atoms with E-state index in [4.69, 9.17) is 0 Å². The lowest BCUT2D eigenvalue weighted by molar-refractivity contribution is 1.60. The zero-order chi connectivity index (χ0) is 66.7. The molecule has 3 aliphatic rings. The number of hydrogen-bond donors (Lipinski definition) is 0. The zero-order valence-electron chi connectivity index (χ0n) is 55.6. The fourth-order valence-corrected chi connectivity index (χ4v) is 18.6. The lowest BCUT2D eigenvalue weighted by Crippen LogP contribution is -1.93. The van der Waals surface area contributed by atoms with E-state index in [1.807, 2.05) is 0 Å². The summed E-state index contributed by atoms with van der Waals surface area (Å²) < 4.78 is 0. The molecule has 0 unspecified atom stereocenters. The van der Waals surface area contributed by atoms with Crippen molar-refractivity contribution in [2.24, 2.45) is 0 Å². The van der Waals surface area contributed by atoms with Crippen molar-refractivity contribution in [2.75, 3.05) is 0 Å². The topological polar surface area (TPSA) is 0 Å². The maximum Gasteiger partial charge on any atom is -0.000720 e. The Kier molecular flexibility index (Phi) is 12.3. The van der Waals surface area contributed by atoms with Crippen molar-refractivity contribution in [1.82, 2.24) is 0 Å². The van der Waals surface area contributed by atoms with E-state index >= 15 is 0 Å². The van der Waals surface area contributed by atoms with Gasteiger partial charge in [0, 0.05) is 0 Å². The van der Waals surface area contributed by atoms with Crippen LogP contribution in [0.1, 0.15) is 0 Å². The fourth-order valence-electron chi connectivity index (χ4n) is 18.6. The van der Waals surface area contributed by atoms with Crippen LogP contribution in [-0.4, -0.2) is 0 Å². The van der Waals surface area contributed by atoms with Crippen LogP contribution in [0.4, 0.5) is 0 Å². The molecule has 0 aromatic heterocycles. The first-order chi connectivity index (χ1) is 50.7. The van der Waals surface area contributed by atoms with Gasteiger partial charge in [0.1, 0.15) is 0 Å². The van der Waals surface area contributed by atoms with Gasteiger partial charge in [-0.2, -0.15) is 0 Å². The lowest BCUT2D eigenvalue weighted by atomic mass is 9.82. The smallest absolute Gasteiger partial charge is 0.000720 e. The van der Waals surface area contributed by atoms with Gasteiger partial charge in [-0.15, -0.1) is 0 Å². The quantitative estimate of drug-likeness (QED) is 0.135. The predicted octanol–water partition coefficient (Wildman–Crippen LogP) is 28.6. The van der Waals surface area contributed by atoms with E-state index < -0.39 is 0 Å². The molecule has 0 spiro atoms. The van der Waals surface area contributed by atoms with Gasteiger partial charge in [-0.25, -0.2) is 0 Å². The lowest BCUT2D eigenvalue weighted by Gasteiger charge is -2.20. The molecule has 0 bridgehead atoms. The molecule has 0 amide bonds. The van der Waals surface area contributed by atoms with Crippen LogP contribution in [0.5, 0.6) is 0 Å². The van der Waals surface area contributed by atoms with Crippen molar-refractivity contribution in [2.45, 2.75) is 0 Å². The second kappa shape index (κ2) is 22.1. The Balaban J connectivity index is 0.829. The van der Waals surface area contributed by atoms with Crippen LogP contribution in [0, 0.1) is 0 Å². The first kappa shape index (κ1) is 56.7. The van der Waals surface area contributed by atoms with Crippen LogP contribution < -0.4 is 0 Å². The molecule has 0 fully saturated rings. The Hall–Kier alpha value is -13.3. The molecule has 0 aliphatic heterocycles. The number of benzene rings is 19. The standard InChI is InChI=1S/C102H60/c1-7-28-61(29-8-1)89-80-45-23-24-46-81(80)94(66-38-17-6-18-39-66)102-87-60-69(56-67-40-25-49-82(88(67)87)97(89)102)68-57-70(72-52-54-85-95-74(72)47-26-50-83(95)98-90(62-30-9-2-10-31-62)76-41-19-21-43-78(76)92(100(85)98)64-34-13-4-14-35-64)59-71(58-68)73-53-55-86-96-75(73)48-27-51-84(96)99-91(63-32-11-3-12-33-63)77-42-20-22-44-79(77)93(101(86)99)65-36-15-5-16-37-65/h1-60H. The van der Waals surface area contributed by atoms with Crippen molar-refractivity contribution < 1.29 is 0 Å². The third kappa shape index (κ3) is 8.15. The van der Waals surface area contributed by atoms with Crippen LogP contribution in [0.25, 0.3) is 232 Å². The van der Waals surface area contributed by atoms with Gasteiger partial charge in [0.2, 0.25) is 0 Å². The van der Waals surface area contributed by atoms with Crippen LogP contribution in [-0.2, 0) is 0 Å². The van der Waals surface area contributed by atoms with E-state index in [0.29, 0.717) is 0 Å². The molecular formula is C102H60. The summed E-state index contributed by atoms with van der Waals surface area (Å²) in [4.78, 5) is 0. The van der Waals surface area contributed by atoms with Gasteiger partial charge in [0.15, 0.2) is 0 Å². The van der Waals surface area contributed by atoms with Crippen molar-refractivity contribution in [3.05, 3.63) is 364 Å². The Morgan fingerprint density at radius 3 is 0.667 bits per heavy atom. The van der Waals surface area contributed by atoms with E-state index in [9.17, 15) is 0 Å². The normalized spacial score (nSPS) is 12.1. The molecular weight excluding hydrogens is 1230 g/mol. The van der Waals surface area contributed by atoms with Crippen molar-refractivity contribution >= 4 is 64.6 Å². The highest BCUT2D eigenvalue weighted by molar-refractivity contribution is 6.32. The minimum absolute atomic E-state index is 1.16. The third-order valence-corrected chi connectivity index (χ3v) is 22.6. The van der Waals surface area contributed by atoms with Crippen LogP contribution in [0.15, 0.2) is 364 Å². The SMILES string of the molecule is c1ccc(-c2c3c(c(-c4ccccc4)c4ccccc24)-c2cc(-c4cc(-c5ccc6c7c(cccc57)-c5c-6c(-c6ccccc6)c6ccccc6c5-c5ccccc5)cc(-c5ccc6c7c(cccc57)-c5c-6c(-c6ccccc6)c6ccccc6c5-c5ccccc5)c4)cc4cccc-3c24)cc1. The van der Waals surface area contributed by atoms with Gasteiger partial charge >= 0.3 is 0 Å². The zero-order valence-corrected chi connectivity index (χ0v) is 55.6. The van der Waals surface area contributed by atoms with E-state index in [0.717, 1.165) is 5.56 Å². The van der Waals surface area contributed by atoms with Gasteiger partial charge in [0.25, 0.3) is 0 Å². The monoisotopic (exact) mass is 1280 g/mol. The first-order valence-electron chi connectivity index (χ1n) is 35.6. The molecule has 19 aromatic carbocycles. The molecule has 0 radical (unpaired) electrons. The first-order valence-corrected chi connectivity index (χ1v) is 35.6. The second-order valence-corrected chi connectivity index (χ2v) is 27.8. The van der Waals surface area contributed by atoms with Crippen molar-refractivity contribution in [1.29, 1.82) is 0 Å². The minimum atomic E-state index is 1.16. The summed E-state index contributed by atoms with van der Waals surface area (Å²) in [7, 11) is 0. The predicted molar refractivity (Wildman–Crippen MR) is 434 cm³/mol. The molecule has 0 saturated heterocycles. The van der Waals surface area contributed by atoms with Crippen molar-refractivity contribution in [3.8, 4) is 167 Å². The van der Waals surface area contributed by atoms with Gasteiger partial charge < -0.3 is 0 Å². The summed E-state index contributed by atoms with van der Waals surface area (Å²) in [6.07, 6.45) is 0. The van der Waals surface area contributed by atoms with Crippen molar-refractivity contribution in [3.63, 3.8) is 0 Å². The Morgan fingerprint density at radius 2 is 0.343 bits per heavy atom. The molecule has 0 saturated carbocycles. The van der Waals surface area contributed by atoms with Gasteiger partial charge in [-0.3, -0.25) is 0 Å². The van der Waals surface area contributed by atoms with Gasteiger partial charge in [0.05, 0.1) is 0 Å². The molecule has 0 heterocycles. The molecule has 468 valence electrons. The maximum absolute atomic E-state index is 2.55. The van der Waals surface area contributed by atoms with E-state index in [1.165, 1.54) is 226 Å². The molecule has 102 heavy (non-hydrogen) atoms. The summed E-state index contributed by atoms with van der Waals surface area (Å²) in [6.45, 7) is 0. The third-order valence-electron chi connectivity index (χ3n) is 22.6. The molecule has 22 rings (SSSR count). The van der Waals surface area contributed by atoms with Crippen LogP contribution in [0.2, 0.25) is 0 Å². The van der Waals surface area contributed by atoms with Crippen LogP contribution >= 0.6 is 0 Å². The molecule has 3 aliphatic carbocycles. The largest absolute Gasteiger partial charge is 0.0622 e. The molecule has 0 atom stereocenters. The van der Waals surface area contributed by atoms with E-state index in [-0.39, 0.29) is 0 Å². The maximum atomic E-state index is 2.55. The average molecular weight is 1290 g/mol. The number of hydrogen-bond acceptors (Lipinski definition) is 0. The number of rotatable bonds is 9. The average Bonchev–Trinajstić information content (AvgIpc) is 1.54. The highest BCUT2D eigenvalue weighted by atomic mass is 14.4. The van der Waals surface area contributed by atoms with E-state index in [2.05, 4.69) is 364 Å². The second-order valence-electron chi connectivity index (χ2n) is 27.8. The summed E-state index contributed by atoms with van der Waals surface area (Å²) in [5.41, 5.74) is 37.4. The Labute approximate surface area is 591 Å². The Morgan fingerprint density at radius 1 is 0.108 bits per heavy atom. The summed E-state index contributed by atoms with van der Waals surface area (Å²) in [6, 6.07) is 137. The van der Waals surface area contributed by atoms with E-state index in [1.54, 1.807) is 0 Å². The molecule has 0 heteroatoms. The minimum Gasteiger partial charge on any atom is -0.0622 e.